The Morgan fingerprint density at radius 3 is 2.38 bits per heavy atom. The molecule has 4 heteroatoms. The van der Waals surface area contributed by atoms with Crippen molar-refractivity contribution in [2.45, 2.75) is 13.3 Å². The highest BCUT2D eigenvalue weighted by Gasteiger charge is 2.07. The highest BCUT2D eigenvalue weighted by atomic mass is 16.5. The first-order valence-corrected chi connectivity index (χ1v) is 5.11. The van der Waals surface area contributed by atoms with Crippen molar-refractivity contribution in [1.82, 2.24) is 5.32 Å². The van der Waals surface area contributed by atoms with E-state index in [1.165, 1.54) is 12.7 Å². The van der Waals surface area contributed by atoms with Crippen molar-refractivity contribution >= 4 is 11.9 Å². The van der Waals surface area contributed by atoms with Gasteiger partial charge < -0.3 is 10.1 Å². The first kappa shape index (κ1) is 12.2. The zero-order valence-electron chi connectivity index (χ0n) is 9.45. The van der Waals surface area contributed by atoms with Crippen LogP contribution in [0.2, 0.25) is 0 Å². The number of ether oxygens (including phenoxy) is 1. The number of nitrogens with one attached hydrogen (secondary N) is 1. The first-order chi connectivity index (χ1) is 7.67. The van der Waals surface area contributed by atoms with E-state index < -0.39 is 5.97 Å². The van der Waals surface area contributed by atoms with Crippen LogP contribution in [0.1, 0.15) is 22.8 Å². The van der Waals surface area contributed by atoms with Gasteiger partial charge in [-0.05, 0) is 24.1 Å². The molecular weight excluding hydrogens is 206 g/mol. The van der Waals surface area contributed by atoms with E-state index in [4.69, 9.17) is 0 Å². The highest BCUT2D eigenvalue weighted by molar-refractivity contribution is 5.95. The second-order valence-electron chi connectivity index (χ2n) is 3.31. The van der Waals surface area contributed by atoms with Crippen LogP contribution < -0.4 is 5.32 Å². The van der Waals surface area contributed by atoms with E-state index in [1.54, 1.807) is 12.1 Å². The molecule has 0 heterocycles. The predicted molar refractivity (Wildman–Crippen MR) is 60.2 cm³/mol. The maximum Gasteiger partial charge on any atom is 0.325 e. The fraction of sp³-hybridized carbons (Fsp3) is 0.333. The van der Waals surface area contributed by atoms with Gasteiger partial charge in [0.25, 0.3) is 5.91 Å². The van der Waals surface area contributed by atoms with Gasteiger partial charge in [0.15, 0.2) is 0 Å². The van der Waals surface area contributed by atoms with Crippen molar-refractivity contribution in [3.05, 3.63) is 35.4 Å². The van der Waals surface area contributed by atoms with Crippen LogP contribution in [0.25, 0.3) is 0 Å². The minimum Gasteiger partial charge on any atom is -0.468 e. The van der Waals surface area contributed by atoms with Crippen LogP contribution in [0.15, 0.2) is 24.3 Å². The van der Waals surface area contributed by atoms with Gasteiger partial charge in [0.05, 0.1) is 7.11 Å². The third kappa shape index (κ3) is 3.38. The molecule has 0 saturated heterocycles. The second kappa shape index (κ2) is 5.90. The minimum absolute atomic E-state index is 0.106. The lowest BCUT2D eigenvalue weighted by Gasteiger charge is -2.04. The van der Waals surface area contributed by atoms with Crippen molar-refractivity contribution in [3.63, 3.8) is 0 Å². The van der Waals surface area contributed by atoms with Crippen LogP contribution in [0.3, 0.4) is 0 Å². The number of aryl methyl sites for hydroxylation is 1. The summed E-state index contributed by atoms with van der Waals surface area (Å²) in [5, 5.41) is 2.47. The van der Waals surface area contributed by atoms with Crippen LogP contribution in [0.5, 0.6) is 0 Å². The molecule has 0 aliphatic heterocycles. The summed E-state index contributed by atoms with van der Waals surface area (Å²) in [5.41, 5.74) is 1.71. The molecule has 0 spiro atoms. The standard InChI is InChI=1S/C12H15NO3/c1-3-9-4-6-10(7-5-9)12(15)13-8-11(14)16-2/h4-7H,3,8H2,1-2H3,(H,13,15). The molecule has 1 aromatic rings. The van der Waals surface area contributed by atoms with E-state index in [2.05, 4.69) is 10.1 Å². The Labute approximate surface area is 94.6 Å². The fourth-order valence-electron chi connectivity index (χ4n) is 1.22. The molecule has 1 amide bonds. The molecule has 1 rings (SSSR count). The van der Waals surface area contributed by atoms with Crippen LogP contribution >= 0.6 is 0 Å². The molecule has 4 nitrogen and oxygen atoms in total. The number of amides is 1. The summed E-state index contributed by atoms with van der Waals surface area (Å²) in [6.45, 7) is 1.94. The average molecular weight is 221 g/mol. The number of carbonyl (C=O) groups is 2. The van der Waals surface area contributed by atoms with Crippen molar-refractivity contribution in [2.24, 2.45) is 0 Å². The molecule has 16 heavy (non-hydrogen) atoms. The van der Waals surface area contributed by atoms with E-state index in [-0.39, 0.29) is 12.5 Å². The number of hydrogen-bond acceptors (Lipinski definition) is 3. The van der Waals surface area contributed by atoms with E-state index in [0.29, 0.717) is 5.56 Å². The van der Waals surface area contributed by atoms with Gasteiger partial charge in [0.2, 0.25) is 0 Å². The maximum atomic E-state index is 11.5. The monoisotopic (exact) mass is 221 g/mol. The van der Waals surface area contributed by atoms with E-state index in [1.807, 2.05) is 19.1 Å². The van der Waals surface area contributed by atoms with Gasteiger partial charge in [-0.3, -0.25) is 9.59 Å². The molecule has 1 N–H and O–H groups in total. The summed E-state index contributed by atoms with van der Waals surface area (Å²) in [4.78, 5) is 22.4. The predicted octanol–water partition coefficient (Wildman–Crippen LogP) is 1.15. The fourth-order valence-corrected chi connectivity index (χ4v) is 1.22. The number of benzene rings is 1. The smallest absolute Gasteiger partial charge is 0.325 e. The normalized spacial score (nSPS) is 9.62. The minimum atomic E-state index is -0.460. The van der Waals surface area contributed by atoms with E-state index in [0.717, 1.165) is 6.42 Å². The van der Waals surface area contributed by atoms with Crippen molar-refractivity contribution in [1.29, 1.82) is 0 Å². The zero-order chi connectivity index (χ0) is 12.0. The average Bonchev–Trinajstić information content (AvgIpc) is 2.35. The first-order valence-electron chi connectivity index (χ1n) is 5.11. The Balaban J connectivity index is 2.56. The topological polar surface area (TPSA) is 55.4 Å². The zero-order valence-corrected chi connectivity index (χ0v) is 9.45. The number of rotatable bonds is 4. The molecule has 0 aliphatic carbocycles. The van der Waals surface area contributed by atoms with Crippen molar-refractivity contribution in [2.75, 3.05) is 13.7 Å². The second-order valence-corrected chi connectivity index (χ2v) is 3.31. The maximum absolute atomic E-state index is 11.5. The van der Waals surface area contributed by atoms with Gasteiger partial charge in [-0.1, -0.05) is 19.1 Å². The molecule has 0 aromatic heterocycles. The Morgan fingerprint density at radius 2 is 1.88 bits per heavy atom. The summed E-state index contributed by atoms with van der Waals surface area (Å²) < 4.78 is 4.42. The number of methoxy groups -OCH3 is 1. The SMILES string of the molecule is CCc1ccc(C(=O)NCC(=O)OC)cc1. The summed E-state index contributed by atoms with van der Waals surface area (Å²) in [7, 11) is 1.28. The van der Waals surface area contributed by atoms with Gasteiger partial charge in [0.1, 0.15) is 6.54 Å². The summed E-state index contributed by atoms with van der Waals surface area (Å²) >= 11 is 0. The summed E-state index contributed by atoms with van der Waals surface area (Å²) in [6.07, 6.45) is 0.935. The number of hydrogen-bond donors (Lipinski definition) is 1. The highest BCUT2D eigenvalue weighted by Crippen LogP contribution is 2.04. The third-order valence-corrected chi connectivity index (χ3v) is 2.25. The molecule has 0 bridgehead atoms. The van der Waals surface area contributed by atoms with Gasteiger partial charge >= 0.3 is 5.97 Å². The van der Waals surface area contributed by atoms with Crippen molar-refractivity contribution in [3.8, 4) is 0 Å². The lowest BCUT2D eigenvalue weighted by atomic mass is 10.1. The molecule has 0 fully saturated rings. The Kier molecular flexibility index (Phi) is 4.51. The van der Waals surface area contributed by atoms with Gasteiger partial charge in [0, 0.05) is 5.56 Å². The van der Waals surface area contributed by atoms with Crippen molar-refractivity contribution < 1.29 is 14.3 Å². The van der Waals surface area contributed by atoms with Gasteiger partial charge in [-0.15, -0.1) is 0 Å². The van der Waals surface area contributed by atoms with E-state index in [9.17, 15) is 9.59 Å². The number of esters is 1. The molecule has 0 saturated carbocycles. The van der Waals surface area contributed by atoms with Crippen LogP contribution in [0, 0.1) is 0 Å². The van der Waals surface area contributed by atoms with Crippen LogP contribution in [-0.2, 0) is 16.0 Å². The quantitative estimate of drug-likeness (QED) is 0.776. The molecule has 86 valence electrons. The lowest BCUT2D eigenvalue weighted by Crippen LogP contribution is -2.30. The largest absolute Gasteiger partial charge is 0.468 e. The summed E-state index contributed by atoms with van der Waals surface area (Å²) in [6, 6.07) is 7.27. The number of carbonyl (C=O) groups excluding carboxylic acids is 2. The molecular formula is C12H15NO3. The Bertz CT molecular complexity index is 370. The van der Waals surface area contributed by atoms with E-state index >= 15 is 0 Å². The lowest BCUT2D eigenvalue weighted by molar-refractivity contribution is -0.139. The molecule has 0 atom stereocenters. The molecule has 0 unspecified atom stereocenters. The van der Waals surface area contributed by atoms with Gasteiger partial charge in [-0.2, -0.15) is 0 Å². The third-order valence-electron chi connectivity index (χ3n) is 2.25. The Hall–Kier alpha value is -1.84. The van der Waals surface area contributed by atoms with Gasteiger partial charge in [-0.25, -0.2) is 0 Å². The van der Waals surface area contributed by atoms with Crippen LogP contribution in [0.4, 0.5) is 0 Å². The summed E-state index contributed by atoms with van der Waals surface area (Å²) in [5.74, 6) is -0.730. The van der Waals surface area contributed by atoms with Crippen LogP contribution in [-0.4, -0.2) is 25.5 Å². The molecule has 1 aromatic carbocycles. The molecule has 0 aliphatic rings. The molecule has 0 radical (unpaired) electrons. The Morgan fingerprint density at radius 1 is 1.25 bits per heavy atom.